The Morgan fingerprint density at radius 2 is 1.93 bits per heavy atom. The summed E-state index contributed by atoms with van der Waals surface area (Å²) in [4.78, 5) is 34.3. The monoisotopic (exact) mass is 214 g/mol. The van der Waals surface area contributed by atoms with Crippen LogP contribution in [0.25, 0.3) is 0 Å². The van der Waals surface area contributed by atoms with Gasteiger partial charge in [0, 0.05) is 6.04 Å². The molecule has 0 bridgehead atoms. The summed E-state index contributed by atoms with van der Waals surface area (Å²) < 4.78 is 13.1. The maximum Gasteiger partial charge on any atom is 0.331 e. The number of nitrogens with zero attached hydrogens (tertiary/aromatic N) is 1. The van der Waals surface area contributed by atoms with Crippen LogP contribution in [0.3, 0.4) is 0 Å². The summed E-state index contributed by atoms with van der Waals surface area (Å²) in [5, 5.41) is 1.83. The smallest absolute Gasteiger partial charge is 0.275 e. The van der Waals surface area contributed by atoms with Gasteiger partial charge in [0.1, 0.15) is 0 Å². The number of nitrogens with one attached hydrogen (secondary N) is 1. The van der Waals surface area contributed by atoms with E-state index < -0.39 is 24.0 Å². The minimum Gasteiger partial charge on any atom is -0.275 e. The van der Waals surface area contributed by atoms with Gasteiger partial charge in [-0.1, -0.05) is 6.92 Å². The predicted molar refractivity (Wildman–Crippen MR) is 47.5 cm³/mol. The zero-order chi connectivity index (χ0) is 11.2. The van der Waals surface area contributed by atoms with Crippen molar-refractivity contribution in [3.05, 3.63) is 0 Å². The molecular formula is C9H11FN2O3. The molecular weight excluding hydrogens is 203 g/mol. The molecule has 2 aliphatic rings. The number of halogens is 1. The lowest BCUT2D eigenvalue weighted by Gasteiger charge is -2.41. The van der Waals surface area contributed by atoms with E-state index in [0.29, 0.717) is 18.8 Å². The Hall–Kier alpha value is -1.46. The quantitative estimate of drug-likeness (QED) is 0.634. The Morgan fingerprint density at radius 3 is 2.47 bits per heavy atom. The minimum absolute atomic E-state index is 0.251. The highest BCUT2D eigenvalue weighted by molar-refractivity contribution is 6.18. The lowest BCUT2D eigenvalue weighted by Crippen LogP contribution is -2.64. The highest BCUT2D eigenvalue weighted by Crippen LogP contribution is 2.32. The summed E-state index contributed by atoms with van der Waals surface area (Å²) in [6.45, 7) is 1.99. The summed E-state index contributed by atoms with van der Waals surface area (Å²) >= 11 is 0. The number of hydrogen-bond acceptors (Lipinski definition) is 3. The van der Waals surface area contributed by atoms with Crippen LogP contribution in [0.15, 0.2) is 0 Å². The molecule has 1 aliphatic carbocycles. The summed E-state index contributed by atoms with van der Waals surface area (Å²) in [5.41, 5.74) is 0. The molecule has 0 aromatic heterocycles. The first-order valence-electron chi connectivity index (χ1n) is 4.82. The molecule has 0 aromatic carbocycles. The van der Waals surface area contributed by atoms with Gasteiger partial charge in [0.05, 0.1) is 0 Å². The molecule has 2 rings (SSSR count). The van der Waals surface area contributed by atoms with Crippen LogP contribution in [0.4, 0.5) is 9.18 Å². The Bertz CT molecular complexity index is 338. The maximum absolute atomic E-state index is 13.1. The van der Waals surface area contributed by atoms with Gasteiger partial charge in [-0.15, -0.1) is 0 Å². The van der Waals surface area contributed by atoms with Gasteiger partial charge in [0.2, 0.25) is 0 Å². The number of urea groups is 1. The van der Waals surface area contributed by atoms with Gasteiger partial charge in [-0.2, -0.15) is 0 Å². The third-order valence-corrected chi connectivity index (χ3v) is 2.85. The van der Waals surface area contributed by atoms with Crippen LogP contribution in [0.2, 0.25) is 0 Å². The van der Waals surface area contributed by atoms with Gasteiger partial charge >= 0.3 is 6.03 Å². The van der Waals surface area contributed by atoms with Crippen LogP contribution >= 0.6 is 0 Å². The lowest BCUT2D eigenvalue weighted by molar-refractivity contribution is -0.147. The van der Waals surface area contributed by atoms with Gasteiger partial charge in [0.25, 0.3) is 18.0 Å². The highest BCUT2D eigenvalue weighted by atomic mass is 19.1. The molecule has 1 N–H and O–H groups in total. The second kappa shape index (κ2) is 3.29. The number of barbiturate groups is 1. The number of carbonyl (C=O) groups is 3. The molecule has 1 atom stereocenters. The molecule has 4 amide bonds. The van der Waals surface area contributed by atoms with E-state index in [1.807, 2.05) is 12.2 Å². The third kappa shape index (κ3) is 1.49. The summed E-state index contributed by atoms with van der Waals surface area (Å²) in [7, 11) is 0. The van der Waals surface area contributed by atoms with Gasteiger partial charge < -0.3 is 0 Å². The standard InChI is InChI=1S/C9H11FN2O3/c1-4-2-5(3-4)12-8(14)6(10)7(13)11-9(12)15/h4-6H,2-3H2,1H3,(H,11,13,15). The van der Waals surface area contributed by atoms with Crippen molar-refractivity contribution in [1.29, 1.82) is 0 Å². The molecule has 1 unspecified atom stereocenters. The molecule has 1 aliphatic heterocycles. The molecule has 15 heavy (non-hydrogen) atoms. The van der Waals surface area contributed by atoms with E-state index in [9.17, 15) is 18.8 Å². The molecule has 5 nitrogen and oxygen atoms in total. The van der Waals surface area contributed by atoms with Crippen LogP contribution in [0, 0.1) is 5.92 Å². The molecule has 1 heterocycles. The zero-order valence-corrected chi connectivity index (χ0v) is 8.20. The summed E-state index contributed by atoms with van der Waals surface area (Å²) in [6, 6.07) is -1.05. The first-order chi connectivity index (χ1) is 7.00. The highest BCUT2D eigenvalue weighted by Gasteiger charge is 2.46. The van der Waals surface area contributed by atoms with E-state index in [2.05, 4.69) is 0 Å². The lowest BCUT2D eigenvalue weighted by atomic mass is 9.80. The number of alkyl halides is 1. The largest absolute Gasteiger partial charge is 0.331 e. The number of rotatable bonds is 1. The summed E-state index contributed by atoms with van der Waals surface area (Å²) in [6.07, 6.45) is -0.876. The molecule has 1 saturated heterocycles. The van der Waals surface area contributed by atoms with Crippen LogP contribution in [0.5, 0.6) is 0 Å². The fourth-order valence-corrected chi connectivity index (χ4v) is 1.98. The van der Waals surface area contributed by atoms with E-state index in [-0.39, 0.29) is 6.04 Å². The van der Waals surface area contributed by atoms with Gasteiger partial charge in [-0.25, -0.2) is 9.18 Å². The third-order valence-electron chi connectivity index (χ3n) is 2.85. The molecule has 1 saturated carbocycles. The molecule has 6 heteroatoms. The Balaban J connectivity index is 2.13. The van der Waals surface area contributed by atoms with Crippen molar-refractivity contribution < 1.29 is 18.8 Å². The van der Waals surface area contributed by atoms with Crippen molar-refractivity contribution >= 4 is 17.8 Å². The topological polar surface area (TPSA) is 66.5 Å². The number of carbonyl (C=O) groups excluding carboxylic acids is 3. The van der Waals surface area contributed by atoms with Crippen molar-refractivity contribution in [2.24, 2.45) is 5.92 Å². The first kappa shape index (κ1) is 10.1. The van der Waals surface area contributed by atoms with Crippen LogP contribution < -0.4 is 5.32 Å². The predicted octanol–water partition coefficient (Wildman–Crippen LogP) is 0.201. The maximum atomic E-state index is 13.1. The fraction of sp³-hybridized carbons (Fsp3) is 0.667. The van der Waals surface area contributed by atoms with Crippen LogP contribution in [0.1, 0.15) is 19.8 Å². The molecule has 0 spiro atoms. The van der Waals surface area contributed by atoms with E-state index in [1.54, 1.807) is 0 Å². The Morgan fingerprint density at radius 1 is 1.33 bits per heavy atom. The molecule has 0 aromatic rings. The van der Waals surface area contributed by atoms with Crippen molar-refractivity contribution in [2.45, 2.75) is 32.0 Å². The van der Waals surface area contributed by atoms with E-state index in [4.69, 9.17) is 0 Å². The normalized spacial score (nSPS) is 36.3. The van der Waals surface area contributed by atoms with Gasteiger partial charge in [-0.3, -0.25) is 19.8 Å². The van der Waals surface area contributed by atoms with E-state index in [1.165, 1.54) is 0 Å². The van der Waals surface area contributed by atoms with Crippen LogP contribution in [-0.2, 0) is 9.59 Å². The van der Waals surface area contributed by atoms with Crippen molar-refractivity contribution in [1.82, 2.24) is 10.2 Å². The summed E-state index contributed by atoms with van der Waals surface area (Å²) in [5.74, 6) is -1.75. The molecule has 82 valence electrons. The molecule has 2 fully saturated rings. The second-order valence-corrected chi connectivity index (χ2v) is 4.10. The average molecular weight is 214 g/mol. The first-order valence-corrected chi connectivity index (χ1v) is 4.82. The number of amides is 4. The minimum atomic E-state index is -2.24. The van der Waals surface area contributed by atoms with Crippen molar-refractivity contribution in [2.75, 3.05) is 0 Å². The zero-order valence-electron chi connectivity index (χ0n) is 8.20. The number of imide groups is 2. The van der Waals surface area contributed by atoms with Crippen molar-refractivity contribution in [3.63, 3.8) is 0 Å². The fourth-order valence-electron chi connectivity index (χ4n) is 1.98. The van der Waals surface area contributed by atoms with Gasteiger partial charge in [0.15, 0.2) is 0 Å². The van der Waals surface area contributed by atoms with E-state index >= 15 is 0 Å². The van der Waals surface area contributed by atoms with E-state index in [0.717, 1.165) is 4.90 Å². The van der Waals surface area contributed by atoms with Gasteiger partial charge in [-0.05, 0) is 18.8 Å². The second-order valence-electron chi connectivity index (χ2n) is 4.10. The molecule has 0 radical (unpaired) electrons. The number of hydrogen-bond donors (Lipinski definition) is 1. The Kier molecular flexibility index (Phi) is 2.21. The average Bonchev–Trinajstić information content (AvgIpc) is 2.12. The van der Waals surface area contributed by atoms with Crippen LogP contribution in [-0.4, -0.2) is 35.0 Å². The Labute approximate surface area is 85.6 Å². The SMILES string of the molecule is CC1CC(N2C(=O)NC(=O)C(F)C2=O)C1. The van der Waals surface area contributed by atoms with Crippen molar-refractivity contribution in [3.8, 4) is 0 Å².